The van der Waals surface area contributed by atoms with Crippen molar-refractivity contribution in [1.82, 2.24) is 35.5 Å². The highest BCUT2D eigenvalue weighted by Crippen LogP contribution is 2.31. The minimum absolute atomic E-state index is 0.0269. The lowest BCUT2D eigenvalue weighted by molar-refractivity contribution is 0.0712. The van der Waals surface area contributed by atoms with Crippen LogP contribution in [0.4, 0.5) is 0 Å². The molecule has 11 heteroatoms. The molecule has 0 aliphatic carbocycles. The molecular formula is C26H25N7O3S. The number of hydrogen-bond donors (Lipinski definition) is 2. The summed E-state index contributed by atoms with van der Waals surface area (Å²) in [7, 11) is 0. The van der Waals surface area contributed by atoms with Gasteiger partial charge in [0.1, 0.15) is 11.4 Å². The van der Waals surface area contributed by atoms with Gasteiger partial charge in [-0.3, -0.25) is 30.2 Å². The Labute approximate surface area is 217 Å². The van der Waals surface area contributed by atoms with Crippen molar-refractivity contribution in [3.8, 4) is 5.69 Å². The summed E-state index contributed by atoms with van der Waals surface area (Å²) < 4.78 is 1.78. The molecule has 3 aromatic heterocycles. The van der Waals surface area contributed by atoms with E-state index in [0.29, 0.717) is 18.7 Å². The Morgan fingerprint density at radius 3 is 2.35 bits per heavy atom. The quantitative estimate of drug-likeness (QED) is 0.394. The number of carbonyl (C=O) groups is 3. The fraction of sp³-hybridized carbons (Fsp3) is 0.231. The van der Waals surface area contributed by atoms with Crippen LogP contribution in [0, 0.1) is 6.92 Å². The molecular weight excluding hydrogens is 490 g/mol. The SMILES string of the molecule is Cc1c(C(=O)N2CCC(c3nc(C(=O)NNC(=O)c4ccccn4)cs3)CC2)cnn1-c1ccccc1. The molecule has 4 aromatic rings. The predicted octanol–water partition coefficient (Wildman–Crippen LogP) is 3.13. The van der Waals surface area contributed by atoms with E-state index in [4.69, 9.17) is 0 Å². The lowest BCUT2D eigenvalue weighted by Crippen LogP contribution is -2.42. The minimum Gasteiger partial charge on any atom is -0.338 e. The zero-order chi connectivity index (χ0) is 25.8. The number of nitrogens with zero attached hydrogens (tertiary/aromatic N) is 5. The smallest absolute Gasteiger partial charge is 0.289 e. The number of thiazole rings is 1. The number of likely N-dealkylation sites (tertiary alicyclic amines) is 1. The molecule has 37 heavy (non-hydrogen) atoms. The summed E-state index contributed by atoms with van der Waals surface area (Å²) in [5.74, 6) is -0.871. The molecule has 1 aromatic carbocycles. The summed E-state index contributed by atoms with van der Waals surface area (Å²) >= 11 is 1.41. The Balaban J connectivity index is 1.16. The van der Waals surface area contributed by atoms with E-state index in [1.807, 2.05) is 42.2 Å². The lowest BCUT2D eigenvalue weighted by atomic mass is 9.97. The van der Waals surface area contributed by atoms with E-state index in [1.54, 1.807) is 34.5 Å². The molecule has 0 atom stereocenters. The van der Waals surface area contributed by atoms with Crippen LogP contribution in [-0.2, 0) is 0 Å². The van der Waals surface area contributed by atoms with E-state index in [0.717, 1.165) is 29.2 Å². The van der Waals surface area contributed by atoms with Crippen molar-refractivity contribution in [2.24, 2.45) is 0 Å². The first kappa shape index (κ1) is 24.3. The van der Waals surface area contributed by atoms with Gasteiger partial charge in [-0.15, -0.1) is 11.3 Å². The third-order valence-corrected chi connectivity index (χ3v) is 7.32. The van der Waals surface area contributed by atoms with E-state index in [-0.39, 0.29) is 23.2 Å². The standard InChI is InChI=1S/C26H25N7O3S/c1-17-20(15-28-33(17)19-7-3-2-4-8-19)26(36)32-13-10-18(11-14-32)25-29-22(16-37-25)24(35)31-30-23(34)21-9-5-6-12-27-21/h2-9,12,15-16,18H,10-11,13-14H2,1H3,(H,30,34)(H,31,35). The fourth-order valence-corrected chi connectivity index (χ4v) is 5.24. The minimum atomic E-state index is -0.508. The van der Waals surface area contributed by atoms with Crippen LogP contribution in [-0.4, -0.2) is 55.5 Å². The van der Waals surface area contributed by atoms with Crippen molar-refractivity contribution in [2.45, 2.75) is 25.7 Å². The van der Waals surface area contributed by atoms with Crippen LogP contribution >= 0.6 is 11.3 Å². The van der Waals surface area contributed by atoms with Crippen LogP contribution in [0.3, 0.4) is 0 Å². The average molecular weight is 516 g/mol. The Hall–Kier alpha value is -4.38. The number of para-hydroxylation sites is 1. The molecule has 188 valence electrons. The molecule has 0 radical (unpaired) electrons. The molecule has 0 bridgehead atoms. The third kappa shape index (κ3) is 5.26. The second-order valence-corrected chi connectivity index (χ2v) is 9.54. The van der Waals surface area contributed by atoms with Gasteiger partial charge in [0.25, 0.3) is 17.7 Å². The molecule has 1 aliphatic rings. The summed E-state index contributed by atoms with van der Waals surface area (Å²) in [4.78, 5) is 48.0. The highest BCUT2D eigenvalue weighted by Gasteiger charge is 2.28. The third-order valence-electron chi connectivity index (χ3n) is 6.31. The maximum atomic E-state index is 13.2. The van der Waals surface area contributed by atoms with E-state index in [1.165, 1.54) is 17.5 Å². The number of carbonyl (C=O) groups excluding carboxylic acids is 3. The van der Waals surface area contributed by atoms with Crippen LogP contribution in [0.2, 0.25) is 0 Å². The van der Waals surface area contributed by atoms with Crippen molar-refractivity contribution in [2.75, 3.05) is 13.1 Å². The van der Waals surface area contributed by atoms with E-state index >= 15 is 0 Å². The number of aromatic nitrogens is 4. The van der Waals surface area contributed by atoms with Crippen molar-refractivity contribution in [3.05, 3.63) is 94.0 Å². The topological polar surface area (TPSA) is 122 Å². The van der Waals surface area contributed by atoms with Crippen LogP contribution in [0.15, 0.2) is 66.3 Å². The molecule has 3 amide bonds. The zero-order valence-corrected chi connectivity index (χ0v) is 20.9. The lowest BCUT2D eigenvalue weighted by Gasteiger charge is -2.31. The summed E-state index contributed by atoms with van der Waals surface area (Å²) in [5, 5.41) is 6.95. The molecule has 1 saturated heterocycles. The van der Waals surface area contributed by atoms with Gasteiger partial charge in [-0.05, 0) is 44.0 Å². The van der Waals surface area contributed by atoms with Gasteiger partial charge in [0.2, 0.25) is 0 Å². The van der Waals surface area contributed by atoms with Gasteiger partial charge in [0.15, 0.2) is 0 Å². The molecule has 1 aliphatic heterocycles. The Kier molecular flexibility index (Phi) is 7.04. The molecule has 4 heterocycles. The molecule has 0 spiro atoms. The summed E-state index contributed by atoms with van der Waals surface area (Å²) in [5.41, 5.74) is 7.49. The molecule has 10 nitrogen and oxygen atoms in total. The zero-order valence-electron chi connectivity index (χ0n) is 20.1. The van der Waals surface area contributed by atoms with E-state index in [2.05, 4.69) is 25.9 Å². The number of rotatable bonds is 5. The normalized spacial score (nSPS) is 13.8. The number of hydrogen-bond acceptors (Lipinski definition) is 7. The first-order valence-electron chi connectivity index (χ1n) is 11.9. The number of pyridine rings is 1. The summed E-state index contributed by atoms with van der Waals surface area (Å²) in [6.07, 6.45) is 4.64. The Bertz CT molecular complexity index is 1410. The van der Waals surface area contributed by atoms with Crippen molar-refractivity contribution in [1.29, 1.82) is 0 Å². The largest absolute Gasteiger partial charge is 0.338 e. The van der Waals surface area contributed by atoms with Gasteiger partial charge in [-0.2, -0.15) is 5.10 Å². The second-order valence-electron chi connectivity index (χ2n) is 8.65. The Morgan fingerprint density at radius 1 is 0.946 bits per heavy atom. The summed E-state index contributed by atoms with van der Waals surface area (Å²) in [6, 6.07) is 14.7. The maximum Gasteiger partial charge on any atom is 0.289 e. The van der Waals surface area contributed by atoms with Gasteiger partial charge in [0.05, 0.1) is 28.1 Å². The van der Waals surface area contributed by atoms with Crippen molar-refractivity contribution in [3.63, 3.8) is 0 Å². The Morgan fingerprint density at radius 2 is 1.65 bits per heavy atom. The molecule has 1 fully saturated rings. The monoisotopic (exact) mass is 515 g/mol. The van der Waals surface area contributed by atoms with Gasteiger partial charge in [0, 0.05) is 30.6 Å². The number of hydrazine groups is 1. The highest BCUT2D eigenvalue weighted by molar-refractivity contribution is 7.09. The van der Waals surface area contributed by atoms with Gasteiger partial charge < -0.3 is 4.90 Å². The number of nitrogens with one attached hydrogen (secondary N) is 2. The first-order valence-corrected chi connectivity index (χ1v) is 12.8. The van der Waals surface area contributed by atoms with Crippen LogP contribution < -0.4 is 10.9 Å². The van der Waals surface area contributed by atoms with Gasteiger partial charge in [-0.25, -0.2) is 9.67 Å². The van der Waals surface area contributed by atoms with Gasteiger partial charge >= 0.3 is 0 Å². The molecule has 0 unspecified atom stereocenters. The number of benzene rings is 1. The first-order chi connectivity index (χ1) is 18.0. The van der Waals surface area contributed by atoms with Crippen LogP contribution in [0.25, 0.3) is 5.69 Å². The highest BCUT2D eigenvalue weighted by atomic mass is 32.1. The second kappa shape index (κ2) is 10.7. The number of piperidine rings is 1. The number of amides is 3. The van der Waals surface area contributed by atoms with E-state index < -0.39 is 11.8 Å². The van der Waals surface area contributed by atoms with Gasteiger partial charge in [-0.1, -0.05) is 24.3 Å². The molecule has 2 N–H and O–H groups in total. The van der Waals surface area contributed by atoms with Crippen LogP contribution in [0.5, 0.6) is 0 Å². The van der Waals surface area contributed by atoms with Crippen molar-refractivity contribution < 1.29 is 14.4 Å². The molecule has 0 saturated carbocycles. The maximum absolute atomic E-state index is 13.2. The fourth-order valence-electron chi connectivity index (χ4n) is 4.27. The van der Waals surface area contributed by atoms with Crippen molar-refractivity contribution >= 4 is 29.1 Å². The molecule has 5 rings (SSSR count). The predicted molar refractivity (Wildman–Crippen MR) is 137 cm³/mol. The van der Waals surface area contributed by atoms with Crippen LogP contribution in [0.1, 0.15) is 60.8 Å². The van der Waals surface area contributed by atoms with E-state index in [9.17, 15) is 14.4 Å². The average Bonchev–Trinajstić information content (AvgIpc) is 3.60. The summed E-state index contributed by atoms with van der Waals surface area (Å²) in [6.45, 7) is 3.10.